The normalized spacial score (nSPS) is 29.5. The largest absolute Gasteiger partial charge is 0.444 e. The fourth-order valence-electron chi connectivity index (χ4n) is 2.49. The highest BCUT2D eigenvalue weighted by Crippen LogP contribution is 2.45. The molecule has 0 spiro atoms. The van der Waals surface area contributed by atoms with Crippen molar-refractivity contribution in [2.75, 3.05) is 13.1 Å². The van der Waals surface area contributed by atoms with Crippen LogP contribution in [0.5, 0.6) is 0 Å². The van der Waals surface area contributed by atoms with E-state index in [0.717, 1.165) is 0 Å². The van der Waals surface area contributed by atoms with Crippen LogP contribution in [0.4, 0.5) is 4.79 Å². The number of carbonyl (C=O) groups excluding carboxylic acids is 2. The lowest BCUT2D eigenvalue weighted by atomic mass is 10.2. The molecule has 0 radical (unpaired) electrons. The molecular weight excluding hydrogens is 232 g/mol. The van der Waals surface area contributed by atoms with Crippen molar-refractivity contribution in [3.05, 3.63) is 12.7 Å². The lowest BCUT2D eigenvalue weighted by Gasteiger charge is -2.21. The third kappa shape index (κ3) is 2.66. The summed E-state index contributed by atoms with van der Waals surface area (Å²) >= 11 is 0. The summed E-state index contributed by atoms with van der Waals surface area (Å²) in [6, 6.07) is 0.161. The highest BCUT2D eigenvalue weighted by atomic mass is 16.6. The lowest BCUT2D eigenvalue weighted by molar-refractivity contribution is -0.125. The molecule has 0 unspecified atom stereocenters. The van der Waals surface area contributed by atoms with E-state index in [1.807, 2.05) is 20.8 Å². The molecule has 1 aliphatic heterocycles. The van der Waals surface area contributed by atoms with Crippen molar-refractivity contribution in [3.8, 4) is 0 Å². The zero-order valence-corrected chi connectivity index (χ0v) is 11.1. The van der Waals surface area contributed by atoms with Gasteiger partial charge in [-0.3, -0.25) is 4.79 Å². The zero-order chi connectivity index (χ0) is 13.5. The first-order valence-electron chi connectivity index (χ1n) is 6.22. The number of nitrogens with one attached hydrogen (secondary N) is 1. The first kappa shape index (κ1) is 12.9. The number of likely N-dealkylation sites (tertiary alicyclic amines) is 1. The molecule has 2 aliphatic rings. The summed E-state index contributed by atoms with van der Waals surface area (Å²) < 4.78 is 5.20. The molecule has 5 nitrogen and oxygen atoms in total. The third-order valence-electron chi connectivity index (χ3n) is 3.36. The van der Waals surface area contributed by atoms with Gasteiger partial charge >= 0.3 is 6.09 Å². The second-order valence-electron chi connectivity index (χ2n) is 5.95. The molecule has 0 aromatic heterocycles. The van der Waals surface area contributed by atoms with Crippen molar-refractivity contribution in [1.29, 1.82) is 0 Å². The molecule has 100 valence electrons. The van der Waals surface area contributed by atoms with Crippen molar-refractivity contribution in [1.82, 2.24) is 10.2 Å². The highest BCUT2D eigenvalue weighted by Gasteiger charge is 2.57. The van der Waals surface area contributed by atoms with Crippen molar-refractivity contribution < 1.29 is 14.3 Å². The minimum absolute atomic E-state index is 0.0294. The summed E-state index contributed by atoms with van der Waals surface area (Å²) in [7, 11) is 0. The van der Waals surface area contributed by atoms with Crippen LogP contribution in [-0.4, -0.2) is 41.6 Å². The summed E-state index contributed by atoms with van der Waals surface area (Å²) in [6.07, 6.45) is 0.963. The van der Waals surface area contributed by atoms with Gasteiger partial charge in [0.25, 0.3) is 0 Å². The first-order chi connectivity index (χ1) is 8.31. The minimum atomic E-state index is -0.473. The van der Waals surface area contributed by atoms with E-state index in [9.17, 15) is 9.59 Å². The van der Waals surface area contributed by atoms with Gasteiger partial charge in [-0.05, 0) is 26.8 Å². The second-order valence-corrected chi connectivity index (χ2v) is 5.95. The number of hydrogen-bond donors (Lipinski definition) is 1. The van der Waals surface area contributed by atoms with Crippen molar-refractivity contribution >= 4 is 12.0 Å². The van der Waals surface area contributed by atoms with E-state index in [4.69, 9.17) is 4.74 Å². The number of hydrogen-bond acceptors (Lipinski definition) is 3. The van der Waals surface area contributed by atoms with E-state index in [0.29, 0.717) is 24.9 Å². The Bertz CT molecular complexity index is 374. The number of amides is 2. The smallest absolute Gasteiger partial charge is 0.407 e. The Balaban J connectivity index is 1.76. The van der Waals surface area contributed by atoms with Crippen LogP contribution in [0.25, 0.3) is 0 Å². The van der Waals surface area contributed by atoms with E-state index in [-0.39, 0.29) is 18.0 Å². The molecule has 1 N–H and O–H groups in total. The number of piperidine rings is 1. The van der Waals surface area contributed by atoms with E-state index < -0.39 is 5.60 Å². The number of rotatable bonds is 2. The van der Waals surface area contributed by atoms with Gasteiger partial charge in [-0.15, -0.1) is 0 Å². The fraction of sp³-hybridized carbons (Fsp3) is 0.692. The molecule has 3 atom stereocenters. The molecule has 2 fully saturated rings. The molecule has 0 aromatic rings. The third-order valence-corrected chi connectivity index (χ3v) is 3.36. The van der Waals surface area contributed by atoms with Crippen LogP contribution in [0, 0.1) is 11.8 Å². The Morgan fingerprint density at radius 3 is 2.33 bits per heavy atom. The van der Waals surface area contributed by atoms with Gasteiger partial charge in [-0.25, -0.2) is 4.79 Å². The number of alkyl carbamates (subject to hydrolysis) is 1. The van der Waals surface area contributed by atoms with Gasteiger partial charge in [0.2, 0.25) is 5.91 Å². The maximum Gasteiger partial charge on any atom is 0.407 e. The fourth-order valence-corrected chi connectivity index (χ4v) is 2.49. The van der Waals surface area contributed by atoms with Gasteiger partial charge in [0.1, 0.15) is 5.60 Å². The van der Waals surface area contributed by atoms with Gasteiger partial charge in [-0.2, -0.15) is 0 Å². The molecule has 2 rings (SSSR count). The molecule has 1 saturated carbocycles. The van der Waals surface area contributed by atoms with Crippen LogP contribution in [0.15, 0.2) is 12.7 Å². The number of carbonyl (C=O) groups is 2. The monoisotopic (exact) mass is 252 g/mol. The van der Waals surface area contributed by atoms with Gasteiger partial charge in [0.15, 0.2) is 0 Å². The lowest BCUT2D eigenvalue weighted by Crippen LogP contribution is -2.39. The van der Waals surface area contributed by atoms with Crippen LogP contribution in [0.2, 0.25) is 0 Å². The quantitative estimate of drug-likeness (QED) is 0.750. The van der Waals surface area contributed by atoms with E-state index in [1.165, 1.54) is 6.08 Å². The van der Waals surface area contributed by atoms with E-state index in [2.05, 4.69) is 11.9 Å². The summed E-state index contributed by atoms with van der Waals surface area (Å²) in [5.41, 5.74) is -0.473. The van der Waals surface area contributed by atoms with Crippen LogP contribution in [0.3, 0.4) is 0 Å². The molecule has 1 saturated heterocycles. The molecule has 5 heteroatoms. The number of fused-ring (bicyclic) bond motifs is 1. The summed E-state index contributed by atoms with van der Waals surface area (Å²) in [4.78, 5) is 24.7. The maximum absolute atomic E-state index is 11.6. The van der Waals surface area contributed by atoms with Crippen LogP contribution >= 0.6 is 0 Å². The van der Waals surface area contributed by atoms with Crippen LogP contribution in [0.1, 0.15) is 20.8 Å². The predicted octanol–water partition coefficient (Wildman–Crippen LogP) is 1.15. The molecular formula is C13H20N2O3. The van der Waals surface area contributed by atoms with Gasteiger partial charge < -0.3 is 15.0 Å². The maximum atomic E-state index is 11.6. The number of nitrogens with zero attached hydrogens (tertiary/aromatic N) is 1. The molecule has 1 aliphatic carbocycles. The van der Waals surface area contributed by atoms with Gasteiger partial charge in [0, 0.05) is 31.0 Å². The van der Waals surface area contributed by atoms with E-state index in [1.54, 1.807) is 4.90 Å². The Kier molecular flexibility index (Phi) is 3.09. The second kappa shape index (κ2) is 4.30. The topological polar surface area (TPSA) is 58.6 Å². The molecule has 1 heterocycles. The minimum Gasteiger partial charge on any atom is -0.444 e. The SMILES string of the molecule is C=CC(=O)N1C[C@@H]2[C@H](C1)[C@H]2NC(=O)OC(C)(C)C. The van der Waals surface area contributed by atoms with Crippen LogP contribution < -0.4 is 5.32 Å². The Labute approximate surface area is 107 Å². The first-order valence-corrected chi connectivity index (χ1v) is 6.22. The molecule has 0 bridgehead atoms. The zero-order valence-electron chi connectivity index (χ0n) is 11.1. The molecule has 0 aromatic carbocycles. The van der Waals surface area contributed by atoms with E-state index >= 15 is 0 Å². The summed E-state index contributed by atoms with van der Waals surface area (Å²) in [5, 5.41) is 2.86. The van der Waals surface area contributed by atoms with Crippen LogP contribution in [-0.2, 0) is 9.53 Å². The average Bonchev–Trinajstić information content (AvgIpc) is 2.73. The summed E-state index contributed by atoms with van der Waals surface area (Å²) in [6.45, 7) is 10.4. The Morgan fingerprint density at radius 1 is 1.33 bits per heavy atom. The van der Waals surface area contributed by atoms with Crippen molar-refractivity contribution in [2.24, 2.45) is 11.8 Å². The highest BCUT2D eigenvalue weighted by molar-refractivity contribution is 5.87. The average molecular weight is 252 g/mol. The standard InChI is InChI=1S/C13H20N2O3/c1-5-10(16)15-6-8-9(7-15)11(8)14-12(17)18-13(2,3)4/h5,8-9,11H,1,6-7H2,2-4H3,(H,14,17)/t8-,9+,11+. The van der Waals surface area contributed by atoms with Crippen molar-refractivity contribution in [3.63, 3.8) is 0 Å². The van der Waals surface area contributed by atoms with Crippen molar-refractivity contribution in [2.45, 2.75) is 32.4 Å². The van der Waals surface area contributed by atoms with Gasteiger partial charge in [0.05, 0.1) is 0 Å². The Hall–Kier alpha value is -1.52. The molecule has 18 heavy (non-hydrogen) atoms. The predicted molar refractivity (Wildman–Crippen MR) is 66.9 cm³/mol. The van der Waals surface area contributed by atoms with Gasteiger partial charge in [-0.1, -0.05) is 6.58 Å². The summed E-state index contributed by atoms with van der Waals surface area (Å²) in [5.74, 6) is 0.723. The number of ether oxygens (including phenoxy) is 1. The molecule has 2 amide bonds. The Morgan fingerprint density at radius 2 is 1.89 bits per heavy atom.